The van der Waals surface area contributed by atoms with E-state index in [0.29, 0.717) is 30.3 Å². The van der Waals surface area contributed by atoms with E-state index in [1.165, 1.54) is 6.07 Å². The summed E-state index contributed by atoms with van der Waals surface area (Å²) in [5.41, 5.74) is 1.72. The zero-order valence-electron chi connectivity index (χ0n) is 13.5. The summed E-state index contributed by atoms with van der Waals surface area (Å²) in [4.78, 5) is 16.5. The van der Waals surface area contributed by atoms with E-state index < -0.39 is 10.0 Å². The van der Waals surface area contributed by atoms with Gasteiger partial charge in [0.2, 0.25) is 10.0 Å². The number of carbonyl (C=O) groups excluding carboxylic acids is 1. The minimum atomic E-state index is -3.84. The molecule has 0 saturated carbocycles. The van der Waals surface area contributed by atoms with E-state index in [-0.39, 0.29) is 10.8 Å². The molecule has 22 heavy (non-hydrogen) atoms. The number of hydrogen-bond donors (Lipinski definition) is 1. The van der Waals surface area contributed by atoms with E-state index in [4.69, 9.17) is 5.14 Å². The third-order valence-corrected chi connectivity index (χ3v) is 5.39. The molecule has 0 spiro atoms. The van der Waals surface area contributed by atoms with Crippen molar-refractivity contribution in [3.63, 3.8) is 0 Å². The number of primary sulfonamides is 1. The molecule has 2 N–H and O–H groups in total. The lowest BCUT2D eigenvalue weighted by Gasteiger charge is -2.21. The van der Waals surface area contributed by atoms with Crippen molar-refractivity contribution in [1.29, 1.82) is 0 Å². The number of likely N-dealkylation sites (N-methyl/N-ethyl adjacent to an activating group) is 1. The van der Waals surface area contributed by atoms with Gasteiger partial charge in [0.1, 0.15) is 0 Å². The normalized spacial score (nSPS) is 19.0. The van der Waals surface area contributed by atoms with Gasteiger partial charge in [-0.3, -0.25) is 4.79 Å². The number of aryl methyl sites for hydroxylation is 1. The number of hydrogen-bond acceptors (Lipinski definition) is 4. The SMILES string of the molecule is Cc1cc(C(=O)N2CCC(N(C)C)C2)cc(S(N)(=O)=O)c1C. The van der Waals surface area contributed by atoms with Crippen LogP contribution in [0.3, 0.4) is 0 Å². The van der Waals surface area contributed by atoms with Crippen LogP contribution in [0.1, 0.15) is 27.9 Å². The maximum absolute atomic E-state index is 12.6. The zero-order chi connectivity index (χ0) is 16.7. The Bertz CT molecular complexity index is 698. The number of nitrogens with two attached hydrogens (primary N) is 1. The quantitative estimate of drug-likeness (QED) is 0.888. The summed E-state index contributed by atoms with van der Waals surface area (Å²) in [5, 5.41) is 5.25. The Kier molecular flexibility index (Phi) is 4.60. The van der Waals surface area contributed by atoms with Gasteiger partial charge in [-0.2, -0.15) is 0 Å². The largest absolute Gasteiger partial charge is 0.337 e. The van der Waals surface area contributed by atoms with Crippen LogP contribution in [0.4, 0.5) is 0 Å². The van der Waals surface area contributed by atoms with Gasteiger partial charge in [0.05, 0.1) is 4.90 Å². The Morgan fingerprint density at radius 3 is 2.45 bits per heavy atom. The molecule has 1 saturated heterocycles. The number of amides is 1. The van der Waals surface area contributed by atoms with E-state index in [0.717, 1.165) is 12.0 Å². The topological polar surface area (TPSA) is 83.7 Å². The van der Waals surface area contributed by atoms with Crippen molar-refractivity contribution in [3.05, 3.63) is 28.8 Å². The van der Waals surface area contributed by atoms with E-state index in [1.807, 2.05) is 14.1 Å². The molecule has 7 heteroatoms. The molecule has 1 aliphatic rings. The highest BCUT2D eigenvalue weighted by Gasteiger charge is 2.29. The van der Waals surface area contributed by atoms with Gasteiger partial charge < -0.3 is 9.80 Å². The van der Waals surface area contributed by atoms with Crippen molar-refractivity contribution >= 4 is 15.9 Å². The number of nitrogens with zero attached hydrogens (tertiary/aromatic N) is 2. The maximum atomic E-state index is 12.6. The van der Waals surface area contributed by atoms with Crippen LogP contribution in [-0.4, -0.2) is 57.4 Å². The van der Waals surface area contributed by atoms with Crippen molar-refractivity contribution in [2.24, 2.45) is 5.14 Å². The summed E-state index contributed by atoms with van der Waals surface area (Å²) in [5.74, 6) is -0.141. The van der Waals surface area contributed by atoms with Gasteiger partial charge in [0.15, 0.2) is 0 Å². The lowest BCUT2D eigenvalue weighted by molar-refractivity contribution is 0.0782. The van der Waals surface area contributed by atoms with Crippen molar-refractivity contribution in [2.45, 2.75) is 31.2 Å². The lowest BCUT2D eigenvalue weighted by Crippen LogP contribution is -2.34. The second-order valence-corrected chi connectivity index (χ2v) is 7.65. The fourth-order valence-corrected chi connectivity index (χ4v) is 3.66. The molecular formula is C15H23N3O3S. The number of rotatable bonds is 3. The van der Waals surface area contributed by atoms with E-state index in [1.54, 1.807) is 24.8 Å². The number of sulfonamides is 1. The monoisotopic (exact) mass is 325 g/mol. The molecule has 0 bridgehead atoms. The molecule has 1 aliphatic heterocycles. The highest BCUT2D eigenvalue weighted by molar-refractivity contribution is 7.89. The molecule has 1 amide bonds. The number of benzene rings is 1. The third-order valence-electron chi connectivity index (χ3n) is 4.35. The highest BCUT2D eigenvalue weighted by atomic mass is 32.2. The van der Waals surface area contributed by atoms with E-state index in [2.05, 4.69) is 4.90 Å². The second kappa shape index (κ2) is 5.98. The molecule has 2 rings (SSSR count). The molecule has 1 fully saturated rings. The fourth-order valence-electron chi connectivity index (χ4n) is 2.78. The molecule has 6 nitrogen and oxygen atoms in total. The van der Waals surface area contributed by atoms with Crippen molar-refractivity contribution in [3.8, 4) is 0 Å². The summed E-state index contributed by atoms with van der Waals surface area (Å²) in [6, 6.07) is 3.46. The predicted molar refractivity (Wildman–Crippen MR) is 85.3 cm³/mol. The molecule has 1 atom stereocenters. The minimum absolute atomic E-state index is 0.0270. The third kappa shape index (κ3) is 3.31. The van der Waals surface area contributed by atoms with Gasteiger partial charge in [0, 0.05) is 24.7 Å². The first-order valence-corrected chi connectivity index (χ1v) is 8.75. The molecular weight excluding hydrogens is 302 g/mol. The molecule has 1 aromatic carbocycles. The molecule has 1 aromatic rings. The van der Waals surface area contributed by atoms with Crippen LogP contribution in [0.15, 0.2) is 17.0 Å². The van der Waals surface area contributed by atoms with Gasteiger partial charge in [0.25, 0.3) is 5.91 Å². The van der Waals surface area contributed by atoms with Crippen LogP contribution in [-0.2, 0) is 10.0 Å². The first kappa shape index (κ1) is 16.9. The zero-order valence-corrected chi connectivity index (χ0v) is 14.3. The molecule has 122 valence electrons. The number of carbonyl (C=O) groups is 1. The first-order chi connectivity index (χ1) is 10.1. The van der Waals surface area contributed by atoms with Crippen LogP contribution in [0.25, 0.3) is 0 Å². The van der Waals surface area contributed by atoms with Crippen molar-refractivity contribution in [1.82, 2.24) is 9.80 Å². The van der Waals surface area contributed by atoms with Crippen LogP contribution in [0.2, 0.25) is 0 Å². The fraction of sp³-hybridized carbons (Fsp3) is 0.533. The standard InChI is InChI=1S/C15H23N3O3S/c1-10-7-12(8-14(11(10)2)22(16,20)21)15(19)18-6-5-13(9-18)17(3)4/h7-8,13H,5-6,9H2,1-4H3,(H2,16,20,21). The van der Waals surface area contributed by atoms with Crippen LogP contribution < -0.4 is 5.14 Å². The molecule has 1 unspecified atom stereocenters. The average molecular weight is 325 g/mol. The van der Waals surface area contributed by atoms with Gasteiger partial charge in [-0.05, 0) is 57.6 Å². The summed E-state index contributed by atoms with van der Waals surface area (Å²) in [6.07, 6.45) is 0.922. The van der Waals surface area contributed by atoms with Gasteiger partial charge in [-0.25, -0.2) is 13.6 Å². The Morgan fingerprint density at radius 1 is 1.32 bits per heavy atom. The van der Waals surface area contributed by atoms with Gasteiger partial charge >= 0.3 is 0 Å². The van der Waals surface area contributed by atoms with Crippen LogP contribution in [0, 0.1) is 13.8 Å². The minimum Gasteiger partial charge on any atom is -0.337 e. The highest BCUT2D eigenvalue weighted by Crippen LogP contribution is 2.23. The van der Waals surface area contributed by atoms with Crippen molar-refractivity contribution < 1.29 is 13.2 Å². The first-order valence-electron chi connectivity index (χ1n) is 7.21. The summed E-state index contributed by atoms with van der Waals surface area (Å²) in [6.45, 7) is 4.82. The van der Waals surface area contributed by atoms with Gasteiger partial charge in [-0.1, -0.05) is 0 Å². The Labute approximate surface area is 131 Å². The second-order valence-electron chi connectivity index (χ2n) is 6.12. The molecule has 0 aromatic heterocycles. The number of likely N-dealkylation sites (tertiary alicyclic amines) is 1. The smallest absolute Gasteiger partial charge is 0.253 e. The summed E-state index contributed by atoms with van der Waals surface area (Å²) in [7, 11) is 0.149. The van der Waals surface area contributed by atoms with Gasteiger partial charge in [-0.15, -0.1) is 0 Å². The van der Waals surface area contributed by atoms with Crippen LogP contribution in [0.5, 0.6) is 0 Å². The Morgan fingerprint density at radius 2 is 1.95 bits per heavy atom. The summed E-state index contributed by atoms with van der Waals surface area (Å²) >= 11 is 0. The Balaban J connectivity index is 2.34. The molecule has 0 radical (unpaired) electrons. The maximum Gasteiger partial charge on any atom is 0.253 e. The molecule has 1 heterocycles. The lowest BCUT2D eigenvalue weighted by atomic mass is 10.1. The predicted octanol–water partition coefficient (Wildman–Crippen LogP) is 0.727. The molecule has 0 aliphatic carbocycles. The summed E-state index contributed by atoms with van der Waals surface area (Å²) < 4.78 is 23.4. The Hall–Kier alpha value is -1.44. The van der Waals surface area contributed by atoms with E-state index >= 15 is 0 Å². The average Bonchev–Trinajstić information content (AvgIpc) is 2.89. The van der Waals surface area contributed by atoms with E-state index in [9.17, 15) is 13.2 Å². The van der Waals surface area contributed by atoms with Crippen molar-refractivity contribution in [2.75, 3.05) is 27.2 Å². The van der Waals surface area contributed by atoms with Crippen LogP contribution >= 0.6 is 0 Å².